The van der Waals surface area contributed by atoms with Gasteiger partial charge in [-0.05, 0) is 29.8 Å². The summed E-state index contributed by atoms with van der Waals surface area (Å²) in [4.78, 5) is 6.60. The lowest BCUT2D eigenvalue weighted by molar-refractivity contribution is -0.555. The van der Waals surface area contributed by atoms with Crippen molar-refractivity contribution in [1.29, 1.82) is 5.41 Å². The zero-order chi connectivity index (χ0) is 22.0. The molecule has 0 bridgehead atoms. The van der Waals surface area contributed by atoms with Crippen LogP contribution in [0, 0.1) is 5.41 Å². The largest absolute Gasteiger partial charge is 0.354 e. The van der Waals surface area contributed by atoms with Crippen LogP contribution in [-0.2, 0) is 10.0 Å². The Bertz CT molecular complexity index is 1240. The molecule has 0 spiro atoms. The summed E-state index contributed by atoms with van der Waals surface area (Å²) in [6.45, 7) is 2.09. The molecule has 0 unspecified atom stereocenters. The summed E-state index contributed by atoms with van der Waals surface area (Å²) in [5.41, 5.74) is 4.45. The fourth-order valence-corrected chi connectivity index (χ4v) is 4.63. The SMILES string of the molecule is C[NH2+]/C=C(\C=N)c1ccc2[nH]nc(-c3ccnc(N4CCN(S(C)(=O)=O)CC4)c3)c2c1. The molecule has 4 rings (SSSR count). The van der Waals surface area contributed by atoms with Gasteiger partial charge in [0, 0.05) is 49.5 Å². The Morgan fingerprint density at radius 1 is 1.19 bits per heavy atom. The third kappa shape index (κ3) is 4.36. The number of nitrogens with two attached hydrogens (primary N) is 1. The molecule has 1 fully saturated rings. The summed E-state index contributed by atoms with van der Waals surface area (Å²) in [5.74, 6) is 0.804. The van der Waals surface area contributed by atoms with Crippen LogP contribution in [0.25, 0.3) is 27.7 Å². The number of aromatic nitrogens is 3. The van der Waals surface area contributed by atoms with Gasteiger partial charge >= 0.3 is 0 Å². The maximum Gasteiger partial charge on any atom is 0.211 e. The van der Waals surface area contributed by atoms with Crippen molar-refractivity contribution >= 4 is 38.5 Å². The Labute approximate surface area is 181 Å². The van der Waals surface area contributed by atoms with Crippen LogP contribution < -0.4 is 10.2 Å². The second kappa shape index (κ2) is 8.58. The van der Waals surface area contributed by atoms with Crippen LogP contribution in [0.1, 0.15) is 5.56 Å². The second-order valence-corrected chi connectivity index (χ2v) is 9.47. The molecule has 1 saturated heterocycles. The predicted octanol–water partition coefficient (Wildman–Crippen LogP) is 0.890. The number of pyridine rings is 1. The number of quaternary nitrogens is 1. The van der Waals surface area contributed by atoms with Gasteiger partial charge in [-0.15, -0.1) is 0 Å². The number of hydrogen-bond acceptors (Lipinski definition) is 6. The van der Waals surface area contributed by atoms with Gasteiger partial charge in [0.1, 0.15) is 17.7 Å². The van der Waals surface area contributed by atoms with Crippen molar-refractivity contribution in [2.24, 2.45) is 0 Å². The Kier molecular flexibility index (Phi) is 5.86. The number of H-pyrrole nitrogens is 1. The van der Waals surface area contributed by atoms with E-state index in [1.807, 2.05) is 48.9 Å². The lowest BCUT2D eigenvalue weighted by atomic mass is 10.0. The standard InChI is InChI=1S/C21H25N7O2S/c1-23-14-17(13-22)15-3-4-19-18(11-15)21(26-25-19)16-5-6-24-20(12-16)27-7-9-28(10-8-27)31(2,29)30/h3-6,11-14,22-23H,7-10H2,1-2H3,(H,25,26)/p+1/b17-14+,22-13?. The average Bonchev–Trinajstić information content (AvgIpc) is 3.20. The normalized spacial score (nSPS) is 16.1. The zero-order valence-corrected chi connectivity index (χ0v) is 18.4. The Balaban J connectivity index is 1.65. The minimum Gasteiger partial charge on any atom is -0.354 e. The van der Waals surface area contributed by atoms with Gasteiger partial charge in [0.2, 0.25) is 10.0 Å². The molecule has 0 atom stereocenters. The first-order valence-corrected chi connectivity index (χ1v) is 11.9. The van der Waals surface area contributed by atoms with Gasteiger partial charge in [-0.25, -0.2) is 13.4 Å². The van der Waals surface area contributed by atoms with Crippen molar-refractivity contribution in [3.05, 3.63) is 48.3 Å². The van der Waals surface area contributed by atoms with E-state index in [9.17, 15) is 8.42 Å². The average molecular weight is 441 g/mol. The van der Waals surface area contributed by atoms with Crippen molar-refractivity contribution in [1.82, 2.24) is 19.5 Å². The van der Waals surface area contributed by atoms with Crippen molar-refractivity contribution in [2.45, 2.75) is 0 Å². The molecule has 3 aromatic rings. The molecule has 162 valence electrons. The maximum atomic E-state index is 11.8. The number of nitrogens with zero attached hydrogens (tertiary/aromatic N) is 4. The first-order valence-electron chi connectivity index (χ1n) is 10.1. The number of anilines is 1. The molecular formula is C21H26N7O2S+. The summed E-state index contributed by atoms with van der Waals surface area (Å²) in [6.07, 6.45) is 6.26. The summed E-state index contributed by atoms with van der Waals surface area (Å²) in [7, 11) is -1.24. The summed E-state index contributed by atoms with van der Waals surface area (Å²) in [6, 6.07) is 9.90. The lowest BCUT2D eigenvalue weighted by Crippen LogP contribution is -2.72. The monoisotopic (exact) mass is 440 g/mol. The van der Waals surface area contributed by atoms with Gasteiger partial charge in [0.25, 0.3) is 0 Å². The number of sulfonamides is 1. The molecule has 1 aliphatic rings. The molecular weight excluding hydrogens is 414 g/mol. The van der Waals surface area contributed by atoms with E-state index < -0.39 is 10.0 Å². The van der Waals surface area contributed by atoms with E-state index in [2.05, 4.69) is 20.1 Å². The molecule has 9 nitrogen and oxygen atoms in total. The molecule has 1 aliphatic heterocycles. The molecule has 3 heterocycles. The van der Waals surface area contributed by atoms with E-state index in [4.69, 9.17) is 5.41 Å². The number of benzene rings is 1. The highest BCUT2D eigenvalue weighted by molar-refractivity contribution is 7.88. The van der Waals surface area contributed by atoms with E-state index in [0.717, 1.165) is 39.1 Å². The third-order valence-electron chi connectivity index (χ3n) is 5.45. The van der Waals surface area contributed by atoms with Gasteiger partial charge in [-0.3, -0.25) is 5.10 Å². The van der Waals surface area contributed by atoms with Crippen molar-refractivity contribution in [2.75, 3.05) is 44.4 Å². The first-order chi connectivity index (χ1) is 14.9. The van der Waals surface area contributed by atoms with E-state index in [1.165, 1.54) is 16.8 Å². The molecule has 4 N–H and O–H groups in total. The maximum absolute atomic E-state index is 11.8. The Morgan fingerprint density at radius 2 is 1.97 bits per heavy atom. The molecule has 0 radical (unpaired) electrons. The highest BCUT2D eigenvalue weighted by atomic mass is 32.2. The second-order valence-electron chi connectivity index (χ2n) is 7.48. The molecule has 0 aliphatic carbocycles. The van der Waals surface area contributed by atoms with Crippen molar-refractivity contribution in [3.8, 4) is 11.3 Å². The van der Waals surface area contributed by atoms with Crippen LogP contribution in [0.4, 0.5) is 5.82 Å². The fourth-order valence-electron chi connectivity index (χ4n) is 3.81. The third-order valence-corrected chi connectivity index (χ3v) is 6.75. The molecule has 0 amide bonds. The highest BCUT2D eigenvalue weighted by Crippen LogP contribution is 2.30. The predicted molar refractivity (Wildman–Crippen MR) is 123 cm³/mol. The summed E-state index contributed by atoms with van der Waals surface area (Å²) < 4.78 is 25.0. The highest BCUT2D eigenvalue weighted by Gasteiger charge is 2.24. The quantitative estimate of drug-likeness (QED) is 0.491. The lowest BCUT2D eigenvalue weighted by Gasteiger charge is -2.34. The number of aromatic amines is 1. The Morgan fingerprint density at radius 3 is 2.65 bits per heavy atom. The number of hydrogen-bond donors (Lipinski definition) is 3. The van der Waals surface area contributed by atoms with Gasteiger partial charge in [0.15, 0.2) is 0 Å². The van der Waals surface area contributed by atoms with Gasteiger partial charge in [0.05, 0.1) is 24.4 Å². The summed E-state index contributed by atoms with van der Waals surface area (Å²) in [5, 5.41) is 18.2. The van der Waals surface area contributed by atoms with Crippen molar-refractivity contribution < 1.29 is 13.7 Å². The van der Waals surface area contributed by atoms with Crippen LogP contribution in [0.2, 0.25) is 0 Å². The van der Waals surface area contributed by atoms with Crippen LogP contribution in [0.3, 0.4) is 0 Å². The molecule has 10 heteroatoms. The van der Waals surface area contributed by atoms with E-state index in [0.29, 0.717) is 26.2 Å². The van der Waals surface area contributed by atoms with Gasteiger partial charge in [-0.1, -0.05) is 6.07 Å². The number of piperazine rings is 1. The van der Waals surface area contributed by atoms with Crippen LogP contribution in [0.5, 0.6) is 0 Å². The molecule has 0 saturated carbocycles. The zero-order valence-electron chi connectivity index (χ0n) is 17.5. The van der Waals surface area contributed by atoms with Crippen LogP contribution >= 0.6 is 0 Å². The molecule has 1 aromatic carbocycles. The van der Waals surface area contributed by atoms with E-state index >= 15 is 0 Å². The first kappa shape index (κ1) is 21.2. The van der Waals surface area contributed by atoms with E-state index in [1.54, 1.807) is 6.20 Å². The smallest absolute Gasteiger partial charge is 0.211 e. The minimum absolute atomic E-state index is 0.451. The topological polar surface area (TPSA) is 123 Å². The fraction of sp³-hybridized carbons (Fsp3) is 0.286. The number of allylic oxidation sites excluding steroid dienone is 1. The van der Waals surface area contributed by atoms with Crippen LogP contribution in [-0.4, -0.2) is 73.6 Å². The molecule has 31 heavy (non-hydrogen) atoms. The summed E-state index contributed by atoms with van der Waals surface area (Å²) >= 11 is 0. The molecule has 2 aromatic heterocycles. The Hall–Kier alpha value is -3.08. The van der Waals surface area contributed by atoms with Crippen molar-refractivity contribution in [3.63, 3.8) is 0 Å². The van der Waals surface area contributed by atoms with Crippen LogP contribution in [0.15, 0.2) is 42.7 Å². The van der Waals surface area contributed by atoms with Gasteiger partial charge in [-0.2, -0.15) is 9.40 Å². The number of rotatable bonds is 6. The minimum atomic E-state index is -3.17. The number of fused-ring (bicyclic) bond motifs is 1. The van der Waals surface area contributed by atoms with Gasteiger partial charge < -0.3 is 15.6 Å². The number of nitrogens with one attached hydrogen (secondary N) is 2. The van der Waals surface area contributed by atoms with E-state index in [-0.39, 0.29) is 0 Å².